The number of hydrogen-bond acceptors (Lipinski definition) is 5. The molecule has 1 heterocycles. The Balaban J connectivity index is 1.67. The van der Waals surface area contributed by atoms with Crippen molar-refractivity contribution in [3.63, 3.8) is 0 Å². The van der Waals surface area contributed by atoms with Crippen LogP contribution in [0.15, 0.2) is 30.5 Å². The standard InChI is InChI=1S/C23H26F3N3O4/c1-21(2,12-30)15-9-16(24)13(6-18(15)31)7-19(32)28-14-4-5-27-17(8-14)20(33)29-22(3)10-23(25,26)11-22/h4-6,8-9,30-31H,7,10-12H2,1-3H3,(H,29,33)(H,27,28,32). The van der Waals surface area contributed by atoms with Gasteiger partial charge in [-0.3, -0.25) is 14.6 Å². The maximum absolute atomic E-state index is 14.5. The Labute approximate surface area is 189 Å². The van der Waals surface area contributed by atoms with E-state index in [2.05, 4.69) is 15.6 Å². The van der Waals surface area contributed by atoms with Crippen LogP contribution in [0.4, 0.5) is 18.9 Å². The number of pyridine rings is 1. The summed E-state index contributed by atoms with van der Waals surface area (Å²) in [7, 11) is 0. The second-order valence-corrected chi connectivity index (χ2v) is 9.38. The first-order valence-corrected chi connectivity index (χ1v) is 10.3. The normalized spacial score (nSPS) is 16.6. The number of halogens is 3. The Kier molecular flexibility index (Phi) is 6.43. The van der Waals surface area contributed by atoms with Gasteiger partial charge in [-0.25, -0.2) is 13.2 Å². The lowest BCUT2D eigenvalue weighted by atomic mass is 9.75. The van der Waals surface area contributed by atoms with E-state index in [1.807, 2.05) is 0 Å². The maximum Gasteiger partial charge on any atom is 0.270 e. The van der Waals surface area contributed by atoms with E-state index in [0.717, 1.165) is 12.1 Å². The quantitative estimate of drug-likeness (QED) is 0.502. The number of rotatable bonds is 7. The van der Waals surface area contributed by atoms with E-state index in [1.54, 1.807) is 13.8 Å². The van der Waals surface area contributed by atoms with Crippen LogP contribution in [0.2, 0.25) is 0 Å². The number of nitrogens with one attached hydrogen (secondary N) is 2. The summed E-state index contributed by atoms with van der Waals surface area (Å²) in [6, 6.07) is 4.94. The van der Waals surface area contributed by atoms with E-state index in [1.165, 1.54) is 25.3 Å². The van der Waals surface area contributed by atoms with E-state index in [9.17, 15) is 33.0 Å². The third kappa shape index (κ3) is 5.62. The van der Waals surface area contributed by atoms with Gasteiger partial charge in [0.15, 0.2) is 0 Å². The number of aromatic hydroxyl groups is 1. The lowest BCUT2D eigenvalue weighted by molar-refractivity contribution is -0.124. The molecule has 0 unspecified atom stereocenters. The molecule has 0 atom stereocenters. The van der Waals surface area contributed by atoms with Crippen molar-refractivity contribution < 1.29 is 33.0 Å². The van der Waals surface area contributed by atoms with Crippen LogP contribution >= 0.6 is 0 Å². The Morgan fingerprint density at radius 2 is 1.88 bits per heavy atom. The van der Waals surface area contributed by atoms with Crippen LogP contribution < -0.4 is 10.6 Å². The number of aromatic nitrogens is 1. The largest absolute Gasteiger partial charge is 0.508 e. The van der Waals surface area contributed by atoms with Crippen molar-refractivity contribution in [1.29, 1.82) is 0 Å². The highest BCUT2D eigenvalue weighted by atomic mass is 19.3. The zero-order valence-electron chi connectivity index (χ0n) is 18.5. The zero-order valence-corrected chi connectivity index (χ0v) is 18.5. The molecule has 1 aromatic carbocycles. The molecule has 1 aromatic heterocycles. The first-order valence-electron chi connectivity index (χ1n) is 10.3. The predicted molar refractivity (Wildman–Crippen MR) is 115 cm³/mol. The number of aliphatic hydroxyl groups excluding tert-OH is 1. The average Bonchev–Trinajstić information content (AvgIpc) is 2.68. The number of alkyl halides is 2. The summed E-state index contributed by atoms with van der Waals surface area (Å²) in [4.78, 5) is 28.7. The number of anilines is 1. The molecular weight excluding hydrogens is 439 g/mol. The number of amides is 2. The van der Waals surface area contributed by atoms with Crippen LogP contribution in [0.1, 0.15) is 55.2 Å². The number of carbonyl (C=O) groups excluding carboxylic acids is 2. The fourth-order valence-electron chi connectivity index (χ4n) is 3.89. The monoisotopic (exact) mass is 465 g/mol. The number of hydrogen-bond donors (Lipinski definition) is 4. The summed E-state index contributed by atoms with van der Waals surface area (Å²) in [5.74, 6) is -5.01. The molecule has 10 heteroatoms. The Morgan fingerprint density at radius 3 is 2.48 bits per heavy atom. The first kappa shape index (κ1) is 24.5. The zero-order chi connectivity index (χ0) is 24.6. The molecule has 178 valence electrons. The van der Waals surface area contributed by atoms with Crippen LogP contribution in [0.25, 0.3) is 0 Å². The van der Waals surface area contributed by atoms with Gasteiger partial charge in [-0.05, 0) is 31.2 Å². The van der Waals surface area contributed by atoms with Gasteiger partial charge in [-0.2, -0.15) is 0 Å². The van der Waals surface area contributed by atoms with E-state index in [4.69, 9.17) is 0 Å². The van der Waals surface area contributed by atoms with E-state index in [-0.39, 0.29) is 34.9 Å². The number of carbonyl (C=O) groups is 2. The van der Waals surface area contributed by atoms with Gasteiger partial charge in [0, 0.05) is 46.8 Å². The van der Waals surface area contributed by atoms with Crippen molar-refractivity contribution in [2.24, 2.45) is 0 Å². The summed E-state index contributed by atoms with van der Waals surface area (Å²) in [5.41, 5.74) is -1.58. The highest BCUT2D eigenvalue weighted by molar-refractivity contribution is 5.96. The second kappa shape index (κ2) is 8.66. The van der Waals surface area contributed by atoms with Gasteiger partial charge >= 0.3 is 0 Å². The average molecular weight is 465 g/mol. The van der Waals surface area contributed by atoms with Crippen LogP contribution in [0.5, 0.6) is 5.75 Å². The fraction of sp³-hybridized carbons (Fsp3) is 0.435. The van der Waals surface area contributed by atoms with Crippen molar-refractivity contribution in [1.82, 2.24) is 10.3 Å². The Morgan fingerprint density at radius 1 is 1.21 bits per heavy atom. The molecule has 4 N–H and O–H groups in total. The van der Waals surface area contributed by atoms with E-state index >= 15 is 0 Å². The molecule has 3 rings (SSSR count). The van der Waals surface area contributed by atoms with Gasteiger partial charge in [0.25, 0.3) is 11.8 Å². The highest BCUT2D eigenvalue weighted by Crippen LogP contribution is 2.45. The summed E-state index contributed by atoms with van der Waals surface area (Å²) in [6.45, 7) is 4.49. The Hall–Kier alpha value is -3.14. The molecule has 1 saturated carbocycles. The van der Waals surface area contributed by atoms with Crippen LogP contribution in [0.3, 0.4) is 0 Å². The van der Waals surface area contributed by atoms with Gasteiger partial charge in [-0.15, -0.1) is 0 Å². The minimum Gasteiger partial charge on any atom is -0.508 e. The summed E-state index contributed by atoms with van der Waals surface area (Å²) >= 11 is 0. The molecule has 0 bridgehead atoms. The van der Waals surface area contributed by atoms with Gasteiger partial charge in [0.2, 0.25) is 5.91 Å². The van der Waals surface area contributed by atoms with Gasteiger partial charge in [-0.1, -0.05) is 13.8 Å². The third-order valence-electron chi connectivity index (χ3n) is 5.63. The topological polar surface area (TPSA) is 112 Å². The third-order valence-corrected chi connectivity index (χ3v) is 5.63. The SMILES string of the molecule is CC1(NC(=O)c2cc(NC(=O)Cc3cc(O)c(C(C)(C)CO)cc3F)ccn2)CC(F)(F)C1. The van der Waals surface area contributed by atoms with Crippen molar-refractivity contribution in [2.45, 2.75) is 56.9 Å². The lowest BCUT2D eigenvalue weighted by Crippen LogP contribution is -2.60. The Bertz CT molecular complexity index is 1080. The molecule has 1 aliphatic rings. The van der Waals surface area contributed by atoms with Crippen LogP contribution in [-0.4, -0.2) is 45.1 Å². The second-order valence-electron chi connectivity index (χ2n) is 9.38. The maximum atomic E-state index is 14.5. The minimum absolute atomic E-state index is 0.0478. The molecule has 7 nitrogen and oxygen atoms in total. The molecule has 1 aliphatic carbocycles. The number of phenols is 1. The smallest absolute Gasteiger partial charge is 0.270 e. The molecule has 1 fully saturated rings. The molecule has 2 aromatic rings. The molecule has 0 radical (unpaired) electrons. The van der Waals surface area contributed by atoms with Crippen molar-refractivity contribution in [2.75, 3.05) is 11.9 Å². The van der Waals surface area contributed by atoms with E-state index < -0.39 is 53.8 Å². The van der Waals surface area contributed by atoms with E-state index in [0.29, 0.717) is 0 Å². The summed E-state index contributed by atoms with van der Waals surface area (Å²) in [5, 5.41) is 24.7. The first-order chi connectivity index (χ1) is 15.2. The number of aliphatic hydroxyl groups is 1. The number of phenolic OH excluding ortho intramolecular Hbond substituents is 1. The van der Waals surface area contributed by atoms with Crippen LogP contribution in [-0.2, 0) is 16.6 Å². The van der Waals surface area contributed by atoms with Crippen molar-refractivity contribution in [3.05, 3.63) is 53.1 Å². The number of benzene rings is 1. The lowest BCUT2D eigenvalue weighted by Gasteiger charge is -2.45. The van der Waals surface area contributed by atoms with Gasteiger partial charge < -0.3 is 20.8 Å². The van der Waals surface area contributed by atoms with Gasteiger partial charge in [0.05, 0.1) is 13.0 Å². The van der Waals surface area contributed by atoms with Crippen LogP contribution in [0, 0.1) is 5.82 Å². The molecule has 0 aliphatic heterocycles. The summed E-state index contributed by atoms with van der Waals surface area (Å²) in [6.07, 6.45) is -0.0413. The molecule has 33 heavy (non-hydrogen) atoms. The fourth-order valence-corrected chi connectivity index (χ4v) is 3.89. The number of nitrogens with zero attached hydrogens (tertiary/aromatic N) is 1. The molecule has 0 saturated heterocycles. The van der Waals surface area contributed by atoms with Crippen molar-refractivity contribution in [3.8, 4) is 5.75 Å². The van der Waals surface area contributed by atoms with Crippen molar-refractivity contribution >= 4 is 17.5 Å². The molecule has 2 amide bonds. The highest BCUT2D eigenvalue weighted by Gasteiger charge is 2.54. The minimum atomic E-state index is -2.80. The summed E-state index contributed by atoms with van der Waals surface area (Å²) < 4.78 is 40.8. The van der Waals surface area contributed by atoms with Gasteiger partial charge in [0.1, 0.15) is 17.3 Å². The molecule has 0 spiro atoms. The molecular formula is C23H26F3N3O4. The predicted octanol–water partition coefficient (Wildman–Crippen LogP) is 3.30.